The van der Waals surface area contributed by atoms with Gasteiger partial charge in [-0.15, -0.1) is 22.7 Å². The molecule has 55 heavy (non-hydrogen) atoms. The predicted octanol–water partition coefficient (Wildman–Crippen LogP) is 12.0. The van der Waals surface area contributed by atoms with E-state index in [1.807, 2.05) is 0 Å². The van der Waals surface area contributed by atoms with Crippen molar-refractivity contribution in [1.82, 2.24) is 0 Å². The van der Waals surface area contributed by atoms with Crippen LogP contribution < -0.4 is 9.47 Å². The molecule has 1 unspecified atom stereocenters. The highest BCUT2D eigenvalue weighted by atomic mass is 32.3. The van der Waals surface area contributed by atoms with Crippen molar-refractivity contribution in [2.24, 2.45) is 5.92 Å². The first kappa shape index (κ1) is 38.6. The van der Waals surface area contributed by atoms with Crippen LogP contribution in [0.5, 0.6) is 0 Å². The molecular weight excluding hydrogens is 805 g/mol. The molecule has 8 rings (SSSR count). The molecule has 0 bridgehead atoms. The molecule has 0 saturated heterocycles. The fraction of sp³-hybridized carbons (Fsp3) is 0.262. The molecule has 0 fully saturated rings. The van der Waals surface area contributed by atoms with Crippen molar-refractivity contribution in [1.29, 1.82) is 0 Å². The van der Waals surface area contributed by atoms with Gasteiger partial charge in [-0.05, 0) is 89.2 Å². The van der Waals surface area contributed by atoms with E-state index in [9.17, 15) is 22.1 Å². The van der Waals surface area contributed by atoms with Crippen molar-refractivity contribution in [2.75, 3.05) is 29.2 Å². The maximum Gasteiger partial charge on any atom is 0.265 e. The minimum Gasteiger partial charge on any atom is -0.335 e. The Hall–Kier alpha value is -3.24. The van der Waals surface area contributed by atoms with E-state index < -0.39 is 20.7 Å². The normalized spacial score (nSPS) is 15.1. The zero-order valence-corrected chi connectivity index (χ0v) is 35.5. The molecule has 0 amide bonds. The summed E-state index contributed by atoms with van der Waals surface area (Å²) in [6.45, 7) is 3.36. The number of fused-ring (bicyclic) bond motifs is 4. The van der Waals surface area contributed by atoms with Crippen LogP contribution in [-0.2, 0) is 23.1 Å². The van der Waals surface area contributed by atoms with Gasteiger partial charge in [0.15, 0.2) is 6.54 Å². The van der Waals surface area contributed by atoms with Gasteiger partial charge in [0.1, 0.15) is 4.70 Å². The minimum atomic E-state index is -4.09. The van der Waals surface area contributed by atoms with Gasteiger partial charge >= 0.3 is 0 Å². The Balaban J connectivity index is 1.12. The summed E-state index contributed by atoms with van der Waals surface area (Å²) in [5, 5.41) is 4.77. The number of aryl methyl sites for hydroxylation is 1. The quantitative estimate of drug-likeness (QED) is 0.0740. The van der Waals surface area contributed by atoms with E-state index in [1.54, 1.807) is 45.8 Å². The Morgan fingerprint density at radius 3 is 2.05 bits per heavy atom. The Bertz CT molecular complexity index is 2590. The fourth-order valence-electron chi connectivity index (χ4n) is 7.19. The molecule has 13 heteroatoms. The summed E-state index contributed by atoms with van der Waals surface area (Å²) in [4.78, 5) is 5.95. The van der Waals surface area contributed by atoms with Crippen molar-refractivity contribution < 1.29 is 26.6 Å². The number of hydrogen-bond acceptors (Lipinski definition) is 9. The molecule has 0 spiro atoms. The first-order chi connectivity index (χ1) is 26.4. The number of thiazole rings is 1. The van der Waals surface area contributed by atoms with Gasteiger partial charge in [-0.25, -0.2) is 0 Å². The molecule has 0 radical (unpaired) electrons. The van der Waals surface area contributed by atoms with Crippen molar-refractivity contribution in [2.45, 2.75) is 44.0 Å². The fourth-order valence-corrected chi connectivity index (χ4v) is 12.9. The lowest BCUT2D eigenvalue weighted by molar-refractivity contribution is -0.674. The summed E-state index contributed by atoms with van der Waals surface area (Å²) in [5.74, 6) is 0.249. The van der Waals surface area contributed by atoms with Gasteiger partial charge in [0.05, 0.1) is 16.5 Å². The average Bonchev–Trinajstić information content (AvgIpc) is 3.93. The Kier molecular flexibility index (Phi) is 11.2. The molecule has 286 valence electrons. The summed E-state index contributed by atoms with van der Waals surface area (Å²) in [6.07, 6.45) is 6.53. The summed E-state index contributed by atoms with van der Waals surface area (Å²) in [6, 6.07) is 34.6. The molecule has 0 saturated carbocycles. The smallest absolute Gasteiger partial charge is 0.265 e. The summed E-state index contributed by atoms with van der Waals surface area (Å²) in [5.41, 5.74) is 4.52. The summed E-state index contributed by atoms with van der Waals surface area (Å²) >= 11 is 7.08. The maximum absolute atomic E-state index is 11.8. The minimum absolute atomic E-state index is 0.191. The van der Waals surface area contributed by atoms with Gasteiger partial charge in [-0.3, -0.25) is 13.7 Å². The van der Waals surface area contributed by atoms with E-state index >= 15 is 0 Å². The Morgan fingerprint density at radius 1 is 0.764 bits per heavy atom. The molecule has 3 aromatic heterocycles. The number of anilines is 1. The second kappa shape index (κ2) is 16.0. The summed E-state index contributed by atoms with van der Waals surface area (Å²) in [7, 11) is -6.70. The number of hydrogen-bond donors (Lipinski definition) is 3. The molecule has 0 aliphatic carbocycles. The van der Waals surface area contributed by atoms with Crippen LogP contribution in [0.25, 0.3) is 51.3 Å². The van der Waals surface area contributed by atoms with Gasteiger partial charge in [-0.2, -0.15) is 23.6 Å². The van der Waals surface area contributed by atoms with E-state index in [0.29, 0.717) is 31.7 Å². The van der Waals surface area contributed by atoms with Crippen LogP contribution in [0.15, 0.2) is 113 Å². The largest absolute Gasteiger partial charge is 0.335 e. The number of thiophene rings is 2. The highest BCUT2D eigenvalue weighted by Gasteiger charge is 2.29. The average molecular weight is 848 g/mol. The third kappa shape index (κ3) is 8.85. The first-order valence-electron chi connectivity index (χ1n) is 18.3. The Labute approximate surface area is 340 Å². The number of allylic oxidation sites excluding steroid dienone is 1. The highest BCUT2D eigenvalue weighted by molar-refractivity contribution is 8.23. The lowest BCUT2D eigenvalue weighted by Gasteiger charge is -2.28. The van der Waals surface area contributed by atoms with E-state index in [4.69, 9.17) is 0 Å². The van der Waals surface area contributed by atoms with Crippen LogP contribution in [0.1, 0.15) is 31.2 Å². The second-order valence-corrected chi connectivity index (χ2v) is 22.4. The van der Waals surface area contributed by atoms with Crippen molar-refractivity contribution in [3.63, 3.8) is 0 Å². The van der Waals surface area contributed by atoms with Crippen LogP contribution in [0, 0.1) is 5.92 Å². The molecule has 7 aromatic rings. The van der Waals surface area contributed by atoms with E-state index in [0.717, 1.165) is 39.3 Å². The van der Waals surface area contributed by atoms with Crippen molar-refractivity contribution in [3.05, 3.63) is 113 Å². The third-order valence-electron chi connectivity index (χ3n) is 9.97. The molecule has 4 heterocycles. The topological polar surface area (TPSA) is 102 Å². The van der Waals surface area contributed by atoms with Crippen LogP contribution in [-0.4, -0.2) is 46.4 Å². The maximum atomic E-state index is 11.8. The Morgan fingerprint density at radius 2 is 1.42 bits per heavy atom. The van der Waals surface area contributed by atoms with Crippen LogP contribution >= 0.6 is 56.4 Å². The van der Waals surface area contributed by atoms with Gasteiger partial charge in [-0.1, -0.05) is 78.6 Å². The second-order valence-electron chi connectivity index (χ2n) is 14.1. The molecular formula is C42H43N2O5S6+. The van der Waals surface area contributed by atoms with Crippen molar-refractivity contribution in [3.8, 4) is 20.9 Å². The molecule has 1 aliphatic rings. The number of rotatable bonds is 14. The standard InChI is InChI=1S/C42H42N2O5S6/c1-3-28(22-41-43(18-8-20-54(2,45)46)33-24-31(14-16-37(33)52-41)39-26-29-10-4-6-12-35(29)50-39)23-42-44(19-9-21-55(47,48)49)34-25-32(15-17-38(34)53-42)40-27-30-11-5-7-13-36(30)51-40/h4-7,10-17,22,24-28H,3,8-9,18-21,23H2,1-2H3,(H2-,45,46,47,48,49)/p+1/b41-22-. The van der Waals surface area contributed by atoms with Gasteiger partial charge < -0.3 is 4.90 Å². The van der Waals surface area contributed by atoms with Crippen LogP contribution in [0.4, 0.5) is 5.69 Å². The van der Waals surface area contributed by atoms with E-state index in [1.165, 1.54) is 51.6 Å². The van der Waals surface area contributed by atoms with Gasteiger partial charge in [0.2, 0.25) is 10.5 Å². The SMILES string of the molecule is CCC(/C=C1\Sc2ccc(-c3cc4ccccc4s3)cc2N1CCCS(C)(O)O)Cc1sc2ccc(-c3cc4ccccc4s3)cc2[n+]1CCCS(=O)(=O)O. The van der Waals surface area contributed by atoms with Crippen LogP contribution in [0.3, 0.4) is 0 Å². The first-order valence-corrected chi connectivity index (χ1v) is 25.3. The monoisotopic (exact) mass is 847 g/mol. The number of aromatic nitrogens is 1. The van der Waals surface area contributed by atoms with Crippen LogP contribution in [0.2, 0.25) is 0 Å². The lowest BCUT2D eigenvalue weighted by Crippen LogP contribution is -2.38. The number of nitrogens with zero attached hydrogens (tertiary/aromatic N) is 2. The third-order valence-corrected chi connectivity index (χ3v) is 16.5. The van der Waals surface area contributed by atoms with Gasteiger partial charge in [0.25, 0.3) is 10.1 Å². The predicted molar refractivity (Wildman–Crippen MR) is 238 cm³/mol. The van der Waals surface area contributed by atoms with Gasteiger partial charge in [0, 0.05) is 61.5 Å². The molecule has 4 aromatic carbocycles. The number of thioether (sulfide) groups is 1. The zero-order valence-electron chi connectivity index (χ0n) is 30.6. The zero-order chi connectivity index (χ0) is 38.3. The molecule has 7 nitrogen and oxygen atoms in total. The highest BCUT2D eigenvalue weighted by Crippen LogP contribution is 2.49. The molecule has 1 atom stereocenters. The number of benzene rings is 4. The molecule has 3 N–H and O–H groups in total. The van der Waals surface area contributed by atoms with E-state index in [-0.39, 0.29) is 11.7 Å². The lowest BCUT2D eigenvalue weighted by atomic mass is 10.0. The summed E-state index contributed by atoms with van der Waals surface area (Å²) < 4.78 is 59.4. The molecule has 1 aliphatic heterocycles. The van der Waals surface area contributed by atoms with E-state index in [2.05, 4.69) is 120 Å². The van der Waals surface area contributed by atoms with Crippen molar-refractivity contribution >= 4 is 103 Å².